The lowest BCUT2D eigenvalue weighted by atomic mass is 10.2. The Hall–Kier alpha value is -0.770. The van der Waals surface area contributed by atoms with Gasteiger partial charge >= 0.3 is 0 Å². The first-order chi connectivity index (χ1) is 7.04. The molecule has 0 bridgehead atoms. The van der Waals surface area contributed by atoms with E-state index in [0.29, 0.717) is 22.2 Å². The van der Waals surface area contributed by atoms with Crippen molar-refractivity contribution in [3.05, 3.63) is 28.2 Å². The van der Waals surface area contributed by atoms with Crippen molar-refractivity contribution in [1.29, 1.82) is 0 Å². The van der Waals surface area contributed by atoms with E-state index in [4.69, 9.17) is 28.9 Å². The fraction of sp³-hybridized carbons (Fsp3) is 0.300. The number of nitrogens with two attached hydrogens (primary N) is 1. The van der Waals surface area contributed by atoms with E-state index in [0.717, 1.165) is 0 Å². The molecule has 1 atom stereocenters. The first kappa shape index (κ1) is 12.3. The second kappa shape index (κ2) is 5.35. The molecule has 0 saturated carbocycles. The third kappa shape index (κ3) is 3.38. The third-order valence-corrected chi connectivity index (χ3v) is 2.53. The number of rotatable bonds is 3. The van der Waals surface area contributed by atoms with Crippen molar-refractivity contribution in [3.8, 4) is 0 Å². The van der Waals surface area contributed by atoms with Crippen LogP contribution >= 0.6 is 23.2 Å². The van der Waals surface area contributed by atoms with Gasteiger partial charge in [-0.15, -0.1) is 0 Å². The highest BCUT2D eigenvalue weighted by molar-refractivity contribution is 6.35. The van der Waals surface area contributed by atoms with E-state index in [9.17, 15) is 4.79 Å². The minimum Gasteiger partial charge on any atom is -0.323 e. The van der Waals surface area contributed by atoms with Gasteiger partial charge in [-0.3, -0.25) is 4.79 Å². The minimum absolute atomic E-state index is 0.262. The summed E-state index contributed by atoms with van der Waals surface area (Å²) >= 11 is 11.6. The van der Waals surface area contributed by atoms with Crippen molar-refractivity contribution >= 4 is 34.8 Å². The van der Waals surface area contributed by atoms with Crippen LogP contribution in [0, 0.1) is 0 Å². The van der Waals surface area contributed by atoms with Gasteiger partial charge in [-0.25, -0.2) is 0 Å². The van der Waals surface area contributed by atoms with Crippen LogP contribution in [0.3, 0.4) is 0 Å². The molecule has 0 heterocycles. The second-order valence-corrected chi connectivity index (χ2v) is 3.97. The maximum Gasteiger partial charge on any atom is 0.241 e. The van der Waals surface area contributed by atoms with Crippen molar-refractivity contribution < 1.29 is 4.79 Å². The molecule has 0 saturated heterocycles. The predicted molar refractivity (Wildman–Crippen MR) is 63.4 cm³/mol. The van der Waals surface area contributed by atoms with E-state index >= 15 is 0 Å². The highest BCUT2D eigenvalue weighted by Gasteiger charge is 2.12. The van der Waals surface area contributed by atoms with Gasteiger partial charge in [0.2, 0.25) is 5.91 Å². The molecule has 0 aromatic heterocycles. The van der Waals surface area contributed by atoms with Crippen molar-refractivity contribution in [2.75, 3.05) is 5.32 Å². The standard InChI is InChI=1S/C10H12Cl2N2O/c1-2-8(13)10(15)14-9-5-6(11)3-4-7(9)12/h3-5,8H,2,13H2,1H3,(H,14,15). The SMILES string of the molecule is CCC(N)C(=O)Nc1cc(Cl)ccc1Cl. The van der Waals surface area contributed by atoms with Gasteiger partial charge in [0.05, 0.1) is 16.8 Å². The Morgan fingerprint density at radius 3 is 2.80 bits per heavy atom. The molecule has 1 unspecified atom stereocenters. The lowest BCUT2D eigenvalue weighted by molar-refractivity contribution is -0.117. The molecule has 1 rings (SSSR count). The molecule has 1 aromatic rings. The molecule has 0 spiro atoms. The molecule has 3 N–H and O–H groups in total. The van der Waals surface area contributed by atoms with E-state index < -0.39 is 6.04 Å². The molecule has 15 heavy (non-hydrogen) atoms. The van der Waals surface area contributed by atoms with Gasteiger partial charge in [0.1, 0.15) is 0 Å². The number of carbonyl (C=O) groups is 1. The molecule has 0 aliphatic heterocycles. The Morgan fingerprint density at radius 2 is 2.20 bits per heavy atom. The number of hydrogen-bond donors (Lipinski definition) is 2. The topological polar surface area (TPSA) is 55.1 Å². The van der Waals surface area contributed by atoms with Gasteiger partial charge in [0, 0.05) is 5.02 Å². The fourth-order valence-corrected chi connectivity index (χ4v) is 1.34. The summed E-state index contributed by atoms with van der Waals surface area (Å²) in [5.74, 6) is -0.262. The highest BCUT2D eigenvalue weighted by atomic mass is 35.5. The van der Waals surface area contributed by atoms with Crippen LogP contribution in [-0.2, 0) is 4.79 Å². The zero-order valence-corrected chi connectivity index (χ0v) is 9.77. The zero-order valence-electron chi connectivity index (χ0n) is 8.26. The summed E-state index contributed by atoms with van der Waals surface area (Å²) in [7, 11) is 0. The quantitative estimate of drug-likeness (QED) is 0.862. The Balaban J connectivity index is 2.80. The molecule has 1 aromatic carbocycles. The molecule has 1 amide bonds. The van der Waals surface area contributed by atoms with E-state index in [1.165, 1.54) is 0 Å². The first-order valence-corrected chi connectivity index (χ1v) is 5.31. The van der Waals surface area contributed by atoms with Gasteiger partial charge in [-0.1, -0.05) is 30.1 Å². The molecular weight excluding hydrogens is 235 g/mol. The van der Waals surface area contributed by atoms with Gasteiger partial charge in [0.15, 0.2) is 0 Å². The van der Waals surface area contributed by atoms with Crippen LogP contribution < -0.4 is 11.1 Å². The average molecular weight is 247 g/mol. The van der Waals surface area contributed by atoms with Gasteiger partial charge in [0.25, 0.3) is 0 Å². The number of benzene rings is 1. The van der Waals surface area contributed by atoms with E-state index in [-0.39, 0.29) is 5.91 Å². The molecule has 0 aliphatic carbocycles. The van der Waals surface area contributed by atoms with Crippen molar-refractivity contribution in [2.45, 2.75) is 19.4 Å². The second-order valence-electron chi connectivity index (χ2n) is 3.13. The van der Waals surface area contributed by atoms with Gasteiger partial charge in [-0.05, 0) is 24.6 Å². The maximum atomic E-state index is 11.5. The Morgan fingerprint density at radius 1 is 1.53 bits per heavy atom. The van der Waals surface area contributed by atoms with Crippen LogP contribution in [0.25, 0.3) is 0 Å². The molecular formula is C10H12Cl2N2O. The molecule has 0 aliphatic rings. The number of carbonyl (C=O) groups excluding carboxylic acids is 1. The largest absolute Gasteiger partial charge is 0.323 e. The Bertz CT molecular complexity index is 368. The van der Waals surface area contributed by atoms with Crippen LogP contribution in [0.2, 0.25) is 10.0 Å². The molecule has 5 heteroatoms. The number of halogens is 2. The average Bonchev–Trinajstić information content (AvgIpc) is 2.22. The van der Waals surface area contributed by atoms with E-state index in [1.54, 1.807) is 18.2 Å². The lowest BCUT2D eigenvalue weighted by Crippen LogP contribution is -2.34. The Kier molecular flexibility index (Phi) is 4.39. The summed E-state index contributed by atoms with van der Waals surface area (Å²) in [5, 5.41) is 3.58. The van der Waals surface area contributed by atoms with Crippen LogP contribution in [0.15, 0.2) is 18.2 Å². The fourth-order valence-electron chi connectivity index (χ4n) is 1.00. The summed E-state index contributed by atoms with van der Waals surface area (Å²) in [4.78, 5) is 11.5. The maximum absolute atomic E-state index is 11.5. The van der Waals surface area contributed by atoms with Gasteiger partial charge in [-0.2, -0.15) is 0 Å². The third-order valence-electron chi connectivity index (χ3n) is 1.96. The van der Waals surface area contributed by atoms with E-state index in [2.05, 4.69) is 5.32 Å². The summed E-state index contributed by atoms with van der Waals surface area (Å²) in [6.07, 6.45) is 0.573. The first-order valence-electron chi connectivity index (χ1n) is 4.56. The van der Waals surface area contributed by atoms with Crippen LogP contribution in [0.1, 0.15) is 13.3 Å². The number of hydrogen-bond acceptors (Lipinski definition) is 2. The van der Waals surface area contributed by atoms with Crippen LogP contribution in [0.5, 0.6) is 0 Å². The van der Waals surface area contributed by atoms with E-state index in [1.807, 2.05) is 6.92 Å². The van der Waals surface area contributed by atoms with Crippen molar-refractivity contribution in [2.24, 2.45) is 5.73 Å². The molecule has 0 radical (unpaired) electrons. The summed E-state index contributed by atoms with van der Waals surface area (Å²) in [6, 6.07) is 4.33. The van der Waals surface area contributed by atoms with Gasteiger partial charge < -0.3 is 11.1 Å². The predicted octanol–water partition coefficient (Wildman–Crippen LogP) is 2.67. The van der Waals surface area contributed by atoms with Crippen LogP contribution in [-0.4, -0.2) is 11.9 Å². The summed E-state index contributed by atoms with van der Waals surface area (Å²) < 4.78 is 0. The van der Waals surface area contributed by atoms with Crippen molar-refractivity contribution in [1.82, 2.24) is 0 Å². The monoisotopic (exact) mass is 246 g/mol. The summed E-state index contributed by atoms with van der Waals surface area (Å²) in [5.41, 5.74) is 6.05. The number of nitrogens with one attached hydrogen (secondary N) is 1. The summed E-state index contributed by atoms with van der Waals surface area (Å²) in [6.45, 7) is 1.84. The number of anilines is 1. The zero-order chi connectivity index (χ0) is 11.4. The van der Waals surface area contributed by atoms with Crippen molar-refractivity contribution in [3.63, 3.8) is 0 Å². The highest BCUT2D eigenvalue weighted by Crippen LogP contribution is 2.25. The van der Waals surface area contributed by atoms with Crippen LogP contribution in [0.4, 0.5) is 5.69 Å². The molecule has 82 valence electrons. The normalized spacial score (nSPS) is 12.3. The lowest BCUT2D eigenvalue weighted by Gasteiger charge is -2.11. The minimum atomic E-state index is -0.528. The molecule has 0 fully saturated rings. The Labute approximate surface area is 98.5 Å². The number of amides is 1. The smallest absolute Gasteiger partial charge is 0.241 e. The molecule has 3 nitrogen and oxygen atoms in total.